The van der Waals surface area contributed by atoms with E-state index in [0.29, 0.717) is 19.5 Å². The first kappa shape index (κ1) is 12.5. The van der Waals surface area contributed by atoms with Crippen molar-refractivity contribution in [3.63, 3.8) is 0 Å². The lowest BCUT2D eigenvalue weighted by atomic mass is 10.0. The number of carbonyl (C=O) groups excluding carboxylic acids is 1. The van der Waals surface area contributed by atoms with E-state index in [1.807, 2.05) is 6.92 Å². The average Bonchev–Trinajstić information content (AvgIpc) is 2.56. The Morgan fingerprint density at radius 2 is 2.19 bits per heavy atom. The van der Waals surface area contributed by atoms with Gasteiger partial charge in [0.15, 0.2) is 0 Å². The van der Waals surface area contributed by atoms with Crippen LogP contribution in [0, 0.1) is 5.92 Å². The van der Waals surface area contributed by atoms with Gasteiger partial charge in [-0.3, -0.25) is 4.79 Å². The second-order valence-corrected chi connectivity index (χ2v) is 4.28. The maximum absolute atomic E-state index is 11.7. The number of hydrogen-bond donors (Lipinski definition) is 2. The number of carboxylic acids is 1. The van der Waals surface area contributed by atoms with Gasteiger partial charge < -0.3 is 15.3 Å². The van der Waals surface area contributed by atoms with E-state index in [4.69, 9.17) is 5.11 Å². The highest BCUT2D eigenvalue weighted by molar-refractivity contribution is 5.78. The Morgan fingerprint density at radius 3 is 2.62 bits per heavy atom. The lowest BCUT2D eigenvalue weighted by molar-refractivity contribution is -0.142. The van der Waals surface area contributed by atoms with E-state index in [0.717, 1.165) is 5.57 Å². The van der Waals surface area contributed by atoms with Gasteiger partial charge >= 0.3 is 12.0 Å². The predicted molar refractivity (Wildman–Crippen MR) is 60.1 cm³/mol. The minimum Gasteiger partial charge on any atom is -0.481 e. The Labute approximate surface area is 95.1 Å². The normalized spacial score (nSPS) is 24.2. The second-order valence-electron chi connectivity index (χ2n) is 4.28. The molecule has 1 fully saturated rings. The fraction of sp³-hybridized carbons (Fsp3) is 0.636. The molecule has 1 heterocycles. The maximum Gasteiger partial charge on any atom is 0.317 e. The van der Waals surface area contributed by atoms with Crippen LogP contribution in [0.25, 0.3) is 0 Å². The molecule has 1 aliphatic heterocycles. The molecule has 5 heteroatoms. The number of aliphatic carboxylic acids is 1. The number of amides is 2. The van der Waals surface area contributed by atoms with Gasteiger partial charge in [-0.15, -0.1) is 0 Å². The standard InChI is InChI=1S/C11H18N2O3/c1-7(2)6-12-11(16)13-5-4-9(8(13)3)10(14)15/h8-9H,1,4-6H2,2-3H3,(H,12,16)(H,14,15). The lowest BCUT2D eigenvalue weighted by Crippen LogP contribution is -2.44. The quantitative estimate of drug-likeness (QED) is 0.707. The molecule has 1 aliphatic rings. The van der Waals surface area contributed by atoms with Crippen molar-refractivity contribution in [2.45, 2.75) is 26.3 Å². The van der Waals surface area contributed by atoms with Crippen molar-refractivity contribution in [1.29, 1.82) is 0 Å². The molecule has 0 saturated carbocycles. The number of urea groups is 1. The highest BCUT2D eigenvalue weighted by atomic mass is 16.4. The van der Waals surface area contributed by atoms with Crippen molar-refractivity contribution in [3.8, 4) is 0 Å². The van der Waals surface area contributed by atoms with Gasteiger partial charge in [0.25, 0.3) is 0 Å². The fourth-order valence-electron chi connectivity index (χ4n) is 1.88. The molecule has 2 unspecified atom stereocenters. The molecule has 2 N–H and O–H groups in total. The Bertz CT molecular complexity index is 314. The topological polar surface area (TPSA) is 69.6 Å². The third-order valence-corrected chi connectivity index (χ3v) is 2.87. The first-order valence-corrected chi connectivity index (χ1v) is 5.35. The average molecular weight is 226 g/mol. The molecule has 90 valence electrons. The molecule has 0 aromatic rings. The van der Waals surface area contributed by atoms with Crippen LogP contribution in [0.2, 0.25) is 0 Å². The summed E-state index contributed by atoms with van der Waals surface area (Å²) in [4.78, 5) is 24.2. The van der Waals surface area contributed by atoms with Gasteiger partial charge in [0, 0.05) is 19.1 Å². The van der Waals surface area contributed by atoms with Crippen LogP contribution in [0.4, 0.5) is 4.79 Å². The Balaban J connectivity index is 2.53. The summed E-state index contributed by atoms with van der Waals surface area (Å²) in [5.41, 5.74) is 0.870. The maximum atomic E-state index is 11.7. The Kier molecular flexibility index (Phi) is 3.93. The first-order valence-electron chi connectivity index (χ1n) is 5.35. The molecular formula is C11H18N2O3. The van der Waals surface area contributed by atoms with Crippen LogP contribution in [0.3, 0.4) is 0 Å². The van der Waals surface area contributed by atoms with E-state index in [2.05, 4.69) is 11.9 Å². The van der Waals surface area contributed by atoms with Gasteiger partial charge in [-0.1, -0.05) is 12.2 Å². The first-order chi connectivity index (χ1) is 7.43. The van der Waals surface area contributed by atoms with Crippen molar-refractivity contribution in [2.75, 3.05) is 13.1 Å². The van der Waals surface area contributed by atoms with Gasteiger partial charge in [-0.05, 0) is 20.3 Å². The van der Waals surface area contributed by atoms with Crippen LogP contribution in [0.15, 0.2) is 12.2 Å². The second kappa shape index (κ2) is 5.01. The predicted octanol–water partition coefficient (Wildman–Crippen LogP) is 1.07. The smallest absolute Gasteiger partial charge is 0.317 e. The number of rotatable bonds is 3. The van der Waals surface area contributed by atoms with Gasteiger partial charge in [-0.2, -0.15) is 0 Å². The molecule has 2 atom stereocenters. The van der Waals surface area contributed by atoms with E-state index in [1.165, 1.54) is 0 Å². The van der Waals surface area contributed by atoms with Gasteiger partial charge in [0.1, 0.15) is 0 Å². The minimum absolute atomic E-state index is 0.209. The molecule has 16 heavy (non-hydrogen) atoms. The van der Waals surface area contributed by atoms with Crippen LogP contribution < -0.4 is 5.32 Å². The summed E-state index contributed by atoms with van der Waals surface area (Å²) in [5.74, 6) is -1.28. The molecule has 0 radical (unpaired) electrons. The third-order valence-electron chi connectivity index (χ3n) is 2.87. The lowest BCUT2D eigenvalue weighted by Gasteiger charge is -2.23. The van der Waals surface area contributed by atoms with Crippen LogP contribution in [0.1, 0.15) is 20.3 Å². The van der Waals surface area contributed by atoms with Crippen molar-refractivity contribution in [1.82, 2.24) is 10.2 Å². The molecular weight excluding hydrogens is 208 g/mol. The van der Waals surface area contributed by atoms with Crippen LogP contribution in [-0.2, 0) is 4.79 Å². The van der Waals surface area contributed by atoms with Gasteiger partial charge in [0.05, 0.1) is 5.92 Å². The van der Waals surface area contributed by atoms with E-state index in [9.17, 15) is 9.59 Å². The highest BCUT2D eigenvalue weighted by Crippen LogP contribution is 2.24. The molecule has 0 bridgehead atoms. The van der Waals surface area contributed by atoms with Gasteiger partial charge in [-0.25, -0.2) is 4.79 Å². The van der Waals surface area contributed by atoms with Crippen LogP contribution in [-0.4, -0.2) is 41.1 Å². The minimum atomic E-state index is -0.831. The summed E-state index contributed by atoms with van der Waals surface area (Å²) in [6.07, 6.45) is 0.525. The van der Waals surface area contributed by atoms with Gasteiger partial charge in [0.2, 0.25) is 0 Å². The summed E-state index contributed by atoms with van der Waals surface area (Å²) < 4.78 is 0. The Hall–Kier alpha value is -1.52. The molecule has 0 aliphatic carbocycles. The zero-order chi connectivity index (χ0) is 12.3. The molecule has 1 saturated heterocycles. The summed E-state index contributed by atoms with van der Waals surface area (Å²) in [6, 6.07) is -0.457. The summed E-state index contributed by atoms with van der Waals surface area (Å²) >= 11 is 0. The fourth-order valence-corrected chi connectivity index (χ4v) is 1.88. The van der Waals surface area contributed by atoms with E-state index in [1.54, 1.807) is 11.8 Å². The highest BCUT2D eigenvalue weighted by Gasteiger charge is 2.37. The molecule has 5 nitrogen and oxygen atoms in total. The Morgan fingerprint density at radius 1 is 1.56 bits per heavy atom. The number of nitrogens with zero attached hydrogens (tertiary/aromatic N) is 1. The zero-order valence-electron chi connectivity index (χ0n) is 9.69. The third kappa shape index (κ3) is 2.74. The number of carboxylic acid groups (broad SMARTS) is 1. The van der Waals surface area contributed by atoms with Crippen molar-refractivity contribution < 1.29 is 14.7 Å². The SMILES string of the molecule is C=C(C)CNC(=O)N1CCC(C(=O)O)C1C. The largest absolute Gasteiger partial charge is 0.481 e. The number of hydrogen-bond acceptors (Lipinski definition) is 2. The van der Waals surface area contributed by atoms with E-state index >= 15 is 0 Å². The molecule has 0 aromatic heterocycles. The summed E-state index contributed by atoms with van der Waals surface area (Å²) in [5, 5.41) is 11.6. The summed E-state index contributed by atoms with van der Waals surface area (Å²) in [6.45, 7) is 8.22. The molecule has 0 aromatic carbocycles. The monoisotopic (exact) mass is 226 g/mol. The zero-order valence-corrected chi connectivity index (χ0v) is 9.69. The van der Waals surface area contributed by atoms with E-state index in [-0.39, 0.29) is 12.1 Å². The number of likely N-dealkylation sites (tertiary alicyclic amines) is 1. The van der Waals surface area contributed by atoms with Crippen molar-refractivity contribution in [3.05, 3.63) is 12.2 Å². The van der Waals surface area contributed by atoms with Crippen LogP contribution in [0.5, 0.6) is 0 Å². The van der Waals surface area contributed by atoms with Crippen molar-refractivity contribution in [2.24, 2.45) is 5.92 Å². The molecule has 1 rings (SSSR count). The van der Waals surface area contributed by atoms with Crippen molar-refractivity contribution >= 4 is 12.0 Å². The summed E-state index contributed by atoms with van der Waals surface area (Å²) in [7, 11) is 0. The molecule has 2 amide bonds. The van der Waals surface area contributed by atoms with Crippen LogP contribution >= 0.6 is 0 Å². The molecule has 0 spiro atoms. The van der Waals surface area contributed by atoms with E-state index < -0.39 is 11.9 Å². The number of carbonyl (C=O) groups is 2. The number of nitrogens with one attached hydrogen (secondary N) is 1.